The number of fused-ring (bicyclic) bond motifs is 1. The van der Waals surface area contributed by atoms with Crippen molar-refractivity contribution in [3.63, 3.8) is 0 Å². The summed E-state index contributed by atoms with van der Waals surface area (Å²) in [7, 11) is 0. The molecule has 1 N–H and O–H groups in total. The molecule has 0 aliphatic carbocycles. The molecular weight excluding hydrogens is 196 g/mol. The van der Waals surface area contributed by atoms with Gasteiger partial charge in [0.1, 0.15) is 0 Å². The summed E-state index contributed by atoms with van der Waals surface area (Å²) in [5.41, 5.74) is 1.45. The summed E-state index contributed by atoms with van der Waals surface area (Å²) in [4.78, 5) is 2.64. The molecule has 0 spiro atoms. The van der Waals surface area contributed by atoms with E-state index in [1.54, 1.807) is 0 Å². The third-order valence-electron chi connectivity index (χ3n) is 4.24. The Morgan fingerprint density at radius 1 is 1.31 bits per heavy atom. The minimum atomic E-state index is 0.572. The first-order valence-electron chi connectivity index (χ1n) is 6.37. The van der Waals surface area contributed by atoms with E-state index < -0.39 is 0 Å². The number of piperidine rings is 1. The van der Waals surface area contributed by atoms with Crippen molar-refractivity contribution in [2.24, 2.45) is 5.92 Å². The summed E-state index contributed by atoms with van der Waals surface area (Å²) in [5, 5.41) is 3.51. The van der Waals surface area contributed by atoms with Gasteiger partial charge in [-0.25, -0.2) is 0 Å². The zero-order valence-corrected chi connectivity index (χ0v) is 9.89. The van der Waals surface area contributed by atoms with Crippen molar-refractivity contribution in [3.05, 3.63) is 35.9 Å². The Morgan fingerprint density at radius 3 is 2.88 bits per heavy atom. The van der Waals surface area contributed by atoms with E-state index in [0.29, 0.717) is 6.04 Å². The lowest BCUT2D eigenvalue weighted by Gasteiger charge is -2.53. The quantitative estimate of drug-likeness (QED) is 0.814. The van der Waals surface area contributed by atoms with Gasteiger partial charge in [-0.05, 0) is 31.4 Å². The number of nitrogens with zero attached hydrogens (tertiary/aromatic N) is 1. The molecule has 3 atom stereocenters. The van der Waals surface area contributed by atoms with Crippen molar-refractivity contribution in [2.45, 2.75) is 25.4 Å². The molecule has 2 aliphatic rings. The fourth-order valence-electron chi connectivity index (χ4n) is 3.13. The zero-order valence-electron chi connectivity index (χ0n) is 9.89. The Morgan fingerprint density at radius 2 is 2.12 bits per heavy atom. The minimum absolute atomic E-state index is 0.572. The fourth-order valence-corrected chi connectivity index (χ4v) is 3.13. The highest BCUT2D eigenvalue weighted by atomic mass is 15.3. The Kier molecular flexibility index (Phi) is 2.70. The van der Waals surface area contributed by atoms with E-state index in [1.165, 1.54) is 31.6 Å². The van der Waals surface area contributed by atoms with Crippen molar-refractivity contribution < 1.29 is 0 Å². The summed E-state index contributed by atoms with van der Waals surface area (Å²) in [6.07, 6.45) is 1.36. The van der Waals surface area contributed by atoms with E-state index >= 15 is 0 Å². The molecule has 0 amide bonds. The first kappa shape index (κ1) is 10.3. The number of likely N-dealkylation sites (tertiary alicyclic amines) is 1. The Hall–Kier alpha value is -0.860. The molecule has 2 nitrogen and oxygen atoms in total. The van der Waals surface area contributed by atoms with Gasteiger partial charge in [0.25, 0.3) is 0 Å². The molecule has 0 saturated carbocycles. The molecule has 1 aromatic rings. The van der Waals surface area contributed by atoms with Gasteiger partial charge in [-0.2, -0.15) is 0 Å². The van der Waals surface area contributed by atoms with Gasteiger partial charge in [0.05, 0.1) is 0 Å². The van der Waals surface area contributed by atoms with Crippen LogP contribution >= 0.6 is 0 Å². The van der Waals surface area contributed by atoms with Gasteiger partial charge in [-0.3, -0.25) is 4.90 Å². The largest absolute Gasteiger partial charge is 0.315 e. The average molecular weight is 216 g/mol. The predicted molar refractivity (Wildman–Crippen MR) is 66.3 cm³/mol. The van der Waals surface area contributed by atoms with Crippen molar-refractivity contribution in [1.29, 1.82) is 0 Å². The molecule has 2 heterocycles. The third-order valence-corrected chi connectivity index (χ3v) is 4.24. The van der Waals surface area contributed by atoms with Gasteiger partial charge < -0.3 is 5.32 Å². The Balaban J connectivity index is 1.70. The fraction of sp³-hybridized carbons (Fsp3) is 0.571. The Labute approximate surface area is 97.6 Å². The lowest BCUT2D eigenvalue weighted by Crippen LogP contribution is -2.63. The monoisotopic (exact) mass is 216 g/mol. The van der Waals surface area contributed by atoms with Crippen LogP contribution in [0.4, 0.5) is 0 Å². The van der Waals surface area contributed by atoms with Crippen LogP contribution in [0.3, 0.4) is 0 Å². The van der Waals surface area contributed by atoms with Crippen LogP contribution in [0.2, 0.25) is 0 Å². The maximum Gasteiger partial charge on any atom is 0.0323 e. The standard InChI is InChI=1S/C14H20N2/c1-11(12-5-3-2-4-6-12)16-10-13-7-8-15-9-14(13)16/h2-6,11,13-15H,7-10H2,1H3/t11-,13?,14?/m1/s1. The first-order valence-corrected chi connectivity index (χ1v) is 6.37. The topological polar surface area (TPSA) is 15.3 Å². The molecule has 2 aliphatic heterocycles. The molecule has 0 radical (unpaired) electrons. The first-order chi connectivity index (χ1) is 7.86. The second-order valence-corrected chi connectivity index (χ2v) is 5.10. The minimum Gasteiger partial charge on any atom is -0.315 e. The van der Waals surface area contributed by atoms with Crippen LogP contribution in [0.5, 0.6) is 0 Å². The number of benzene rings is 1. The zero-order chi connectivity index (χ0) is 11.0. The van der Waals surface area contributed by atoms with Gasteiger partial charge in [-0.15, -0.1) is 0 Å². The molecule has 2 unspecified atom stereocenters. The normalized spacial score (nSPS) is 31.6. The van der Waals surface area contributed by atoms with E-state index in [9.17, 15) is 0 Å². The lowest BCUT2D eigenvalue weighted by molar-refractivity contribution is -0.0345. The smallest absolute Gasteiger partial charge is 0.0323 e. The molecule has 16 heavy (non-hydrogen) atoms. The number of hydrogen-bond donors (Lipinski definition) is 1. The number of hydrogen-bond acceptors (Lipinski definition) is 2. The van der Waals surface area contributed by atoms with Crippen LogP contribution < -0.4 is 5.32 Å². The van der Waals surface area contributed by atoms with E-state index in [-0.39, 0.29) is 0 Å². The van der Waals surface area contributed by atoms with E-state index in [0.717, 1.165) is 12.0 Å². The summed E-state index contributed by atoms with van der Waals surface area (Å²) in [5.74, 6) is 0.951. The van der Waals surface area contributed by atoms with Gasteiger partial charge in [0.2, 0.25) is 0 Å². The van der Waals surface area contributed by atoms with Crippen LogP contribution in [-0.2, 0) is 0 Å². The highest BCUT2D eigenvalue weighted by Gasteiger charge is 2.42. The summed E-state index contributed by atoms with van der Waals surface area (Å²) in [6.45, 7) is 6.03. The highest BCUT2D eigenvalue weighted by Crippen LogP contribution is 2.36. The van der Waals surface area contributed by atoms with Crippen molar-refractivity contribution in [3.8, 4) is 0 Å². The third kappa shape index (κ3) is 1.66. The van der Waals surface area contributed by atoms with Crippen LogP contribution in [0.1, 0.15) is 24.9 Å². The maximum atomic E-state index is 3.51. The molecule has 2 fully saturated rings. The summed E-state index contributed by atoms with van der Waals surface area (Å²) in [6, 6.07) is 12.2. The number of nitrogens with one attached hydrogen (secondary N) is 1. The molecule has 2 saturated heterocycles. The Bertz CT molecular complexity index is 349. The molecule has 3 rings (SSSR count). The molecule has 2 heteroatoms. The summed E-state index contributed by atoms with van der Waals surface area (Å²) < 4.78 is 0. The van der Waals surface area contributed by atoms with Crippen LogP contribution in [0.15, 0.2) is 30.3 Å². The molecule has 1 aromatic carbocycles. The maximum absolute atomic E-state index is 3.51. The van der Waals surface area contributed by atoms with Gasteiger partial charge in [0.15, 0.2) is 0 Å². The molecule has 86 valence electrons. The van der Waals surface area contributed by atoms with E-state index in [1.807, 2.05) is 0 Å². The SMILES string of the molecule is C[C@H](c1ccccc1)N1CC2CCNCC21. The van der Waals surface area contributed by atoms with Crippen molar-refractivity contribution in [2.75, 3.05) is 19.6 Å². The van der Waals surface area contributed by atoms with Crippen LogP contribution in [0, 0.1) is 5.92 Å². The number of rotatable bonds is 2. The van der Waals surface area contributed by atoms with Crippen molar-refractivity contribution in [1.82, 2.24) is 10.2 Å². The molecule has 0 aromatic heterocycles. The van der Waals surface area contributed by atoms with Gasteiger partial charge in [-0.1, -0.05) is 30.3 Å². The van der Waals surface area contributed by atoms with Gasteiger partial charge >= 0.3 is 0 Å². The van der Waals surface area contributed by atoms with Gasteiger partial charge in [0, 0.05) is 25.2 Å². The predicted octanol–water partition coefficient (Wildman–Crippen LogP) is 2.04. The van der Waals surface area contributed by atoms with E-state index in [4.69, 9.17) is 0 Å². The highest BCUT2D eigenvalue weighted by molar-refractivity contribution is 5.19. The second kappa shape index (κ2) is 4.19. The lowest BCUT2D eigenvalue weighted by atomic mass is 9.81. The van der Waals surface area contributed by atoms with Crippen LogP contribution in [0.25, 0.3) is 0 Å². The molecule has 0 bridgehead atoms. The van der Waals surface area contributed by atoms with Crippen LogP contribution in [-0.4, -0.2) is 30.6 Å². The van der Waals surface area contributed by atoms with E-state index in [2.05, 4.69) is 47.5 Å². The molecular formula is C14H20N2. The van der Waals surface area contributed by atoms with Crippen molar-refractivity contribution >= 4 is 0 Å². The average Bonchev–Trinajstić information content (AvgIpc) is 2.32. The second-order valence-electron chi connectivity index (χ2n) is 5.10. The summed E-state index contributed by atoms with van der Waals surface area (Å²) >= 11 is 0.